The van der Waals surface area contributed by atoms with Gasteiger partial charge in [-0.3, -0.25) is 4.72 Å². The van der Waals surface area contributed by atoms with Gasteiger partial charge in [0, 0.05) is 18.1 Å². The van der Waals surface area contributed by atoms with Crippen molar-refractivity contribution in [1.82, 2.24) is 0 Å². The van der Waals surface area contributed by atoms with Crippen molar-refractivity contribution in [2.24, 2.45) is 0 Å². The van der Waals surface area contributed by atoms with Gasteiger partial charge in [0.2, 0.25) is 6.29 Å². The molecule has 3 N–H and O–H groups in total. The Labute approximate surface area is 202 Å². The van der Waals surface area contributed by atoms with Crippen molar-refractivity contribution in [3.05, 3.63) is 64.5 Å². The van der Waals surface area contributed by atoms with E-state index in [9.17, 15) is 23.4 Å². The van der Waals surface area contributed by atoms with Crippen molar-refractivity contribution in [1.29, 1.82) is 0 Å². The zero-order valence-corrected chi connectivity index (χ0v) is 20.4. The highest BCUT2D eigenvalue weighted by Crippen LogP contribution is 2.35. The van der Waals surface area contributed by atoms with Crippen LogP contribution in [0.3, 0.4) is 0 Å². The van der Waals surface area contributed by atoms with Gasteiger partial charge in [-0.1, -0.05) is 18.2 Å². The van der Waals surface area contributed by atoms with Gasteiger partial charge in [-0.15, -0.1) is 0 Å². The smallest absolute Gasteiger partial charge is 0.360 e. The molecule has 0 amide bonds. The van der Waals surface area contributed by atoms with E-state index in [1.807, 2.05) is 0 Å². The fraction of sp³-hybridized carbons (Fsp3) is 0.375. The highest BCUT2D eigenvalue weighted by atomic mass is 32.2. The van der Waals surface area contributed by atoms with E-state index in [0.29, 0.717) is 10.9 Å². The Morgan fingerprint density at radius 1 is 1.06 bits per heavy atom. The van der Waals surface area contributed by atoms with Crippen molar-refractivity contribution in [3.8, 4) is 5.75 Å². The van der Waals surface area contributed by atoms with Crippen LogP contribution >= 0.6 is 0 Å². The van der Waals surface area contributed by atoms with Crippen molar-refractivity contribution in [2.45, 2.75) is 55.9 Å². The van der Waals surface area contributed by atoms with Crippen molar-refractivity contribution in [3.63, 3.8) is 0 Å². The van der Waals surface area contributed by atoms with Crippen LogP contribution in [0.2, 0.25) is 0 Å². The van der Waals surface area contributed by atoms with E-state index in [1.165, 1.54) is 25.3 Å². The Balaban J connectivity index is 1.63. The topological polar surface area (TPSA) is 145 Å². The van der Waals surface area contributed by atoms with Gasteiger partial charge in [0.25, 0.3) is 10.0 Å². The summed E-state index contributed by atoms with van der Waals surface area (Å²) >= 11 is 0. The lowest BCUT2D eigenvalue weighted by Crippen LogP contribution is -2.63. The standard InChI is InChI=1S/C24H27NO9S/c1-13-17(32-23-19(27)18(26)21(31-4)24(2,3)34-23)11-10-14-12-16(22(28)33-20(13)14)25-35(29,30)15-8-6-5-7-9-15/h5-12,18-19,21,23,25-27H,1-4H3/t18?,19-,21+,23+/m0/s1. The number of rotatable bonds is 6. The molecule has 1 unspecified atom stereocenters. The fourth-order valence-corrected chi connectivity index (χ4v) is 5.20. The SMILES string of the molecule is CO[C@@H]1C(O)[C@H](O)[C@H](Oc2ccc3cc(NS(=O)(=O)c4ccccc4)c(=O)oc3c2C)OC1(C)C. The number of nitrogens with one attached hydrogen (secondary N) is 1. The van der Waals surface area contributed by atoms with Gasteiger partial charge >= 0.3 is 5.63 Å². The summed E-state index contributed by atoms with van der Waals surface area (Å²) in [5.74, 6) is 0.251. The largest absolute Gasteiger partial charge is 0.462 e. The number of hydrogen-bond acceptors (Lipinski definition) is 9. The summed E-state index contributed by atoms with van der Waals surface area (Å²) in [7, 11) is -2.57. The minimum atomic E-state index is -3.98. The minimum absolute atomic E-state index is 0.00582. The first-order valence-electron chi connectivity index (χ1n) is 10.8. The Bertz CT molecular complexity index is 1390. The summed E-state index contributed by atoms with van der Waals surface area (Å²) in [6.45, 7) is 5.05. The van der Waals surface area contributed by atoms with Crippen molar-refractivity contribution in [2.75, 3.05) is 11.8 Å². The number of anilines is 1. The molecule has 0 bridgehead atoms. The van der Waals surface area contributed by atoms with Crippen LogP contribution in [-0.4, -0.2) is 55.9 Å². The first-order chi connectivity index (χ1) is 16.4. The van der Waals surface area contributed by atoms with Crippen LogP contribution in [0.1, 0.15) is 19.4 Å². The van der Waals surface area contributed by atoms with Gasteiger partial charge < -0.3 is 28.8 Å². The predicted octanol–water partition coefficient (Wildman–Crippen LogP) is 2.15. The summed E-state index contributed by atoms with van der Waals surface area (Å²) in [4.78, 5) is 12.6. The van der Waals surface area contributed by atoms with E-state index in [0.717, 1.165) is 0 Å². The first kappa shape index (κ1) is 25.1. The van der Waals surface area contributed by atoms with E-state index in [4.69, 9.17) is 18.6 Å². The van der Waals surface area contributed by atoms with Crippen LogP contribution in [0.15, 0.2) is 62.6 Å². The molecule has 0 aliphatic carbocycles. The van der Waals surface area contributed by atoms with Crippen LogP contribution in [0.4, 0.5) is 5.69 Å². The number of aliphatic hydroxyl groups excluding tert-OH is 2. The highest BCUT2D eigenvalue weighted by Gasteiger charge is 2.50. The van der Waals surface area contributed by atoms with E-state index in [1.54, 1.807) is 51.1 Å². The molecule has 10 nitrogen and oxygen atoms in total. The third kappa shape index (κ3) is 4.78. The lowest BCUT2D eigenvalue weighted by atomic mass is 9.89. The third-order valence-corrected chi connectivity index (χ3v) is 7.32. The number of aryl methyl sites for hydroxylation is 1. The number of fused-ring (bicyclic) bond motifs is 1. The molecule has 2 aromatic carbocycles. The average Bonchev–Trinajstić information content (AvgIpc) is 2.80. The minimum Gasteiger partial charge on any atom is -0.462 e. The van der Waals surface area contributed by atoms with Crippen LogP contribution in [0.5, 0.6) is 5.75 Å². The molecule has 1 saturated heterocycles. The Morgan fingerprint density at radius 3 is 2.40 bits per heavy atom. The number of hydrogen-bond donors (Lipinski definition) is 3. The highest BCUT2D eigenvalue weighted by molar-refractivity contribution is 7.92. The van der Waals surface area contributed by atoms with E-state index < -0.39 is 45.9 Å². The second-order valence-corrected chi connectivity index (χ2v) is 10.5. The maximum Gasteiger partial charge on any atom is 0.360 e. The molecule has 1 aliphatic rings. The molecule has 0 spiro atoms. The molecular formula is C24H27NO9S. The van der Waals surface area contributed by atoms with Crippen LogP contribution < -0.4 is 15.1 Å². The quantitative estimate of drug-likeness (QED) is 0.429. The average molecular weight is 506 g/mol. The Hall–Kier alpha value is -2.96. The van der Waals surface area contributed by atoms with E-state index in [-0.39, 0.29) is 21.9 Å². The third-order valence-electron chi connectivity index (χ3n) is 5.94. The molecular weight excluding hydrogens is 478 g/mol. The lowest BCUT2D eigenvalue weighted by Gasteiger charge is -2.46. The van der Waals surface area contributed by atoms with Crippen molar-refractivity contribution < 1.29 is 37.3 Å². The molecule has 4 rings (SSSR count). The monoisotopic (exact) mass is 505 g/mol. The normalized spacial score (nSPS) is 24.3. The van der Waals surface area contributed by atoms with E-state index in [2.05, 4.69) is 4.72 Å². The Kier molecular flexibility index (Phi) is 6.64. The number of aliphatic hydroxyl groups is 2. The second-order valence-electron chi connectivity index (χ2n) is 8.82. The molecule has 1 fully saturated rings. The molecule has 188 valence electrons. The maximum atomic E-state index is 12.6. The Morgan fingerprint density at radius 2 is 1.74 bits per heavy atom. The molecule has 1 aliphatic heterocycles. The van der Waals surface area contributed by atoms with Gasteiger partial charge in [-0.05, 0) is 51.1 Å². The molecule has 3 aromatic rings. The van der Waals surface area contributed by atoms with Crippen LogP contribution in [0.25, 0.3) is 11.0 Å². The van der Waals surface area contributed by atoms with Crippen LogP contribution in [0, 0.1) is 6.92 Å². The summed E-state index contributed by atoms with van der Waals surface area (Å²) in [6, 6.07) is 12.2. The molecule has 11 heteroatoms. The van der Waals surface area contributed by atoms with Gasteiger partial charge in [-0.2, -0.15) is 0 Å². The lowest BCUT2D eigenvalue weighted by molar-refractivity contribution is -0.306. The van der Waals surface area contributed by atoms with Gasteiger partial charge in [-0.25, -0.2) is 13.2 Å². The van der Waals surface area contributed by atoms with Gasteiger partial charge in [0.15, 0.2) is 0 Å². The molecule has 0 saturated carbocycles. The number of methoxy groups -OCH3 is 1. The predicted molar refractivity (Wildman–Crippen MR) is 127 cm³/mol. The summed E-state index contributed by atoms with van der Waals surface area (Å²) < 4.78 is 49.9. The number of ether oxygens (including phenoxy) is 3. The van der Waals surface area contributed by atoms with E-state index >= 15 is 0 Å². The molecule has 4 atom stereocenters. The molecule has 1 aromatic heterocycles. The summed E-state index contributed by atoms with van der Waals surface area (Å²) in [5.41, 5.74) is -1.48. The van der Waals surface area contributed by atoms with Crippen molar-refractivity contribution >= 4 is 26.7 Å². The zero-order valence-electron chi connectivity index (χ0n) is 19.6. The van der Waals surface area contributed by atoms with Gasteiger partial charge in [0.1, 0.15) is 35.3 Å². The number of sulfonamides is 1. The fourth-order valence-electron chi connectivity index (χ4n) is 4.14. The summed E-state index contributed by atoms with van der Waals surface area (Å²) in [6.07, 6.45) is -4.64. The second kappa shape index (κ2) is 9.25. The molecule has 35 heavy (non-hydrogen) atoms. The summed E-state index contributed by atoms with van der Waals surface area (Å²) in [5, 5.41) is 21.4. The van der Waals surface area contributed by atoms with Crippen LogP contribution in [-0.2, 0) is 19.5 Å². The first-order valence-corrected chi connectivity index (χ1v) is 12.3. The maximum absolute atomic E-state index is 12.6. The van der Waals surface area contributed by atoms with Gasteiger partial charge in [0.05, 0.1) is 10.5 Å². The molecule has 2 heterocycles. The number of benzene rings is 2. The zero-order chi connectivity index (χ0) is 25.5. The molecule has 0 radical (unpaired) electrons.